The Morgan fingerprint density at radius 3 is 2.67 bits per heavy atom. The molecule has 0 atom stereocenters. The third kappa shape index (κ3) is 3.08. The molecule has 0 bridgehead atoms. The van der Waals surface area contributed by atoms with Gasteiger partial charge in [-0.2, -0.15) is 0 Å². The number of hydrogen-bond acceptors (Lipinski definition) is 3. The molecular weight excluding hydrogens is 362 g/mol. The van der Waals surface area contributed by atoms with Crippen LogP contribution < -0.4 is 10.5 Å². The second kappa shape index (κ2) is 5.49. The van der Waals surface area contributed by atoms with Crippen molar-refractivity contribution in [1.29, 1.82) is 5.41 Å². The summed E-state index contributed by atoms with van der Waals surface area (Å²) >= 11 is 6.77. The highest BCUT2D eigenvalue weighted by Crippen LogP contribution is 2.31. The standard InChI is InChI=1S/C12H9Br2N3O/c13-7-4-5-10(8(14)6-7)18-11-3-1-2-9(17-11)12(15)16/h1-6H,(H3,15,16). The molecule has 0 unspecified atom stereocenters. The minimum absolute atomic E-state index is 0.0877. The van der Waals surface area contributed by atoms with Crippen LogP contribution in [0.15, 0.2) is 45.3 Å². The fourth-order valence-corrected chi connectivity index (χ4v) is 2.42. The van der Waals surface area contributed by atoms with E-state index in [1.807, 2.05) is 18.2 Å². The lowest BCUT2D eigenvalue weighted by atomic mass is 10.3. The Morgan fingerprint density at radius 1 is 1.22 bits per heavy atom. The number of halogens is 2. The minimum Gasteiger partial charge on any atom is -0.438 e. The average molecular weight is 371 g/mol. The van der Waals surface area contributed by atoms with E-state index >= 15 is 0 Å². The summed E-state index contributed by atoms with van der Waals surface area (Å²) in [7, 11) is 0. The SMILES string of the molecule is N=C(N)c1cccc(Oc2ccc(Br)cc2Br)n1. The smallest absolute Gasteiger partial charge is 0.219 e. The number of hydrogen-bond donors (Lipinski definition) is 2. The number of amidine groups is 1. The van der Waals surface area contributed by atoms with Gasteiger partial charge in [0.25, 0.3) is 0 Å². The highest BCUT2D eigenvalue weighted by atomic mass is 79.9. The van der Waals surface area contributed by atoms with Gasteiger partial charge in [0, 0.05) is 10.5 Å². The molecule has 0 aliphatic carbocycles. The molecule has 1 aromatic carbocycles. The van der Waals surface area contributed by atoms with Gasteiger partial charge >= 0.3 is 0 Å². The number of aromatic nitrogens is 1. The molecule has 4 nitrogen and oxygen atoms in total. The van der Waals surface area contributed by atoms with Gasteiger partial charge in [-0.1, -0.05) is 22.0 Å². The Bertz CT molecular complexity index is 602. The second-order valence-electron chi connectivity index (χ2n) is 3.45. The van der Waals surface area contributed by atoms with Crippen molar-refractivity contribution in [2.45, 2.75) is 0 Å². The van der Waals surface area contributed by atoms with Crippen LogP contribution in [0.4, 0.5) is 0 Å². The van der Waals surface area contributed by atoms with Gasteiger partial charge < -0.3 is 10.5 Å². The molecule has 1 aromatic heterocycles. The molecule has 0 spiro atoms. The third-order valence-electron chi connectivity index (χ3n) is 2.11. The maximum atomic E-state index is 7.33. The van der Waals surface area contributed by atoms with Crippen molar-refractivity contribution >= 4 is 37.7 Å². The van der Waals surface area contributed by atoms with Gasteiger partial charge in [-0.25, -0.2) is 4.98 Å². The topological polar surface area (TPSA) is 72.0 Å². The molecule has 18 heavy (non-hydrogen) atoms. The van der Waals surface area contributed by atoms with E-state index in [9.17, 15) is 0 Å². The largest absolute Gasteiger partial charge is 0.438 e. The van der Waals surface area contributed by atoms with E-state index in [-0.39, 0.29) is 5.84 Å². The number of benzene rings is 1. The Hall–Kier alpha value is -1.40. The van der Waals surface area contributed by atoms with Crippen molar-refractivity contribution in [3.05, 3.63) is 51.0 Å². The summed E-state index contributed by atoms with van der Waals surface area (Å²) in [5, 5.41) is 7.33. The minimum atomic E-state index is -0.0877. The summed E-state index contributed by atoms with van der Waals surface area (Å²) in [6.45, 7) is 0. The van der Waals surface area contributed by atoms with E-state index in [4.69, 9.17) is 15.9 Å². The average Bonchev–Trinajstić information content (AvgIpc) is 2.33. The molecule has 1 heterocycles. The number of nitrogen functional groups attached to an aromatic ring is 1. The van der Waals surface area contributed by atoms with Crippen LogP contribution >= 0.6 is 31.9 Å². The quantitative estimate of drug-likeness (QED) is 0.639. The van der Waals surface area contributed by atoms with Crippen molar-refractivity contribution in [2.24, 2.45) is 5.73 Å². The molecule has 2 aromatic rings. The lowest BCUT2D eigenvalue weighted by molar-refractivity contribution is 0.459. The van der Waals surface area contributed by atoms with Gasteiger partial charge in [-0.05, 0) is 40.2 Å². The number of nitrogens with two attached hydrogens (primary N) is 1. The van der Waals surface area contributed by atoms with Crippen LogP contribution in [0.1, 0.15) is 5.69 Å². The van der Waals surface area contributed by atoms with Crippen molar-refractivity contribution in [3.63, 3.8) is 0 Å². The van der Waals surface area contributed by atoms with E-state index in [1.165, 1.54) is 0 Å². The molecule has 92 valence electrons. The van der Waals surface area contributed by atoms with Gasteiger partial charge in [-0.3, -0.25) is 5.41 Å². The number of pyridine rings is 1. The van der Waals surface area contributed by atoms with Crippen molar-refractivity contribution in [1.82, 2.24) is 4.98 Å². The van der Waals surface area contributed by atoms with Crippen LogP contribution in [0, 0.1) is 5.41 Å². The fraction of sp³-hybridized carbons (Fsp3) is 0. The van der Waals surface area contributed by atoms with Gasteiger partial charge in [0.1, 0.15) is 17.3 Å². The maximum absolute atomic E-state index is 7.33. The molecule has 0 aliphatic rings. The predicted octanol–water partition coefficient (Wildman–Crippen LogP) is 3.68. The van der Waals surface area contributed by atoms with Crippen LogP contribution in [0.5, 0.6) is 11.6 Å². The van der Waals surface area contributed by atoms with E-state index in [0.717, 1.165) is 8.95 Å². The van der Waals surface area contributed by atoms with Gasteiger partial charge in [0.15, 0.2) is 0 Å². The first-order chi connectivity index (χ1) is 8.56. The van der Waals surface area contributed by atoms with Gasteiger partial charge in [0.2, 0.25) is 5.88 Å². The molecule has 0 amide bonds. The molecule has 6 heteroatoms. The summed E-state index contributed by atoms with van der Waals surface area (Å²) in [6, 6.07) is 10.7. The second-order valence-corrected chi connectivity index (χ2v) is 5.22. The zero-order valence-electron chi connectivity index (χ0n) is 9.15. The highest BCUT2D eigenvalue weighted by molar-refractivity contribution is 9.11. The molecule has 0 radical (unpaired) electrons. The summed E-state index contributed by atoms with van der Waals surface area (Å²) in [6.07, 6.45) is 0. The molecule has 2 rings (SSSR count). The first-order valence-corrected chi connectivity index (χ1v) is 6.59. The van der Waals surface area contributed by atoms with Crippen LogP contribution in [0.2, 0.25) is 0 Å². The Morgan fingerprint density at radius 2 is 2.00 bits per heavy atom. The Kier molecular flexibility index (Phi) is 3.98. The first kappa shape index (κ1) is 13.0. The molecule has 0 fully saturated rings. The summed E-state index contributed by atoms with van der Waals surface area (Å²) in [5.74, 6) is 0.951. The van der Waals surface area contributed by atoms with Gasteiger partial charge in [0.05, 0.1) is 4.47 Å². The Balaban J connectivity index is 2.28. The predicted molar refractivity (Wildman–Crippen MR) is 77.2 cm³/mol. The van der Waals surface area contributed by atoms with Crippen LogP contribution in [-0.4, -0.2) is 10.8 Å². The lowest BCUT2D eigenvalue weighted by Crippen LogP contribution is -2.13. The molecule has 0 saturated carbocycles. The van der Waals surface area contributed by atoms with Crippen molar-refractivity contribution in [3.8, 4) is 11.6 Å². The number of ether oxygens (including phenoxy) is 1. The lowest BCUT2D eigenvalue weighted by Gasteiger charge is -2.08. The van der Waals surface area contributed by atoms with Gasteiger partial charge in [-0.15, -0.1) is 0 Å². The Labute approximate surface area is 121 Å². The summed E-state index contributed by atoms with van der Waals surface area (Å²) < 4.78 is 7.39. The normalized spacial score (nSPS) is 10.1. The van der Waals surface area contributed by atoms with E-state index in [1.54, 1.807) is 18.2 Å². The monoisotopic (exact) mass is 369 g/mol. The first-order valence-electron chi connectivity index (χ1n) is 5.00. The summed E-state index contributed by atoms with van der Waals surface area (Å²) in [4.78, 5) is 4.13. The van der Waals surface area contributed by atoms with Crippen LogP contribution in [-0.2, 0) is 0 Å². The fourth-order valence-electron chi connectivity index (χ4n) is 1.29. The maximum Gasteiger partial charge on any atom is 0.219 e. The number of nitrogens with one attached hydrogen (secondary N) is 1. The molecule has 0 saturated heterocycles. The zero-order chi connectivity index (χ0) is 13.1. The highest BCUT2D eigenvalue weighted by Gasteiger charge is 2.06. The zero-order valence-corrected chi connectivity index (χ0v) is 12.3. The summed E-state index contributed by atoms with van der Waals surface area (Å²) in [5.41, 5.74) is 5.77. The molecule has 0 aliphatic heterocycles. The number of nitrogens with zero attached hydrogens (tertiary/aromatic N) is 1. The molecular formula is C12H9Br2N3O. The third-order valence-corrected chi connectivity index (χ3v) is 3.22. The molecule has 3 N–H and O–H groups in total. The van der Waals surface area contributed by atoms with E-state index < -0.39 is 0 Å². The number of rotatable bonds is 3. The van der Waals surface area contributed by atoms with E-state index in [0.29, 0.717) is 17.3 Å². The van der Waals surface area contributed by atoms with Crippen LogP contribution in [0.3, 0.4) is 0 Å². The van der Waals surface area contributed by atoms with Crippen molar-refractivity contribution in [2.75, 3.05) is 0 Å². The van der Waals surface area contributed by atoms with E-state index in [2.05, 4.69) is 36.8 Å². The van der Waals surface area contributed by atoms with Crippen molar-refractivity contribution < 1.29 is 4.74 Å². The van der Waals surface area contributed by atoms with Crippen LogP contribution in [0.25, 0.3) is 0 Å².